The molecule has 76 valence electrons. The molecule has 2 heteroatoms. The second kappa shape index (κ2) is 3.90. The van der Waals surface area contributed by atoms with Gasteiger partial charge in [-0.2, -0.15) is 0 Å². The zero-order valence-corrected chi connectivity index (χ0v) is 9.41. The number of hydrogen-bond donors (Lipinski definition) is 0. The summed E-state index contributed by atoms with van der Waals surface area (Å²) in [5.41, 5.74) is 1.30. The first-order valence-corrected chi connectivity index (χ1v) is 5.67. The average Bonchev–Trinajstić information content (AvgIpc) is 2.95. The van der Waals surface area contributed by atoms with Crippen LogP contribution >= 0.6 is 11.6 Å². The van der Waals surface area contributed by atoms with Gasteiger partial charge in [-0.05, 0) is 41.9 Å². The van der Waals surface area contributed by atoms with Gasteiger partial charge in [-0.15, -0.1) is 11.6 Å². The molecule has 4 atom stereocenters. The molecule has 1 aliphatic rings. The molecule has 0 N–H and O–H groups in total. The van der Waals surface area contributed by atoms with E-state index in [0.717, 1.165) is 11.8 Å². The van der Waals surface area contributed by atoms with Crippen LogP contribution in [0, 0.1) is 11.8 Å². The minimum absolute atomic E-state index is 0.285. The molecule has 1 saturated carbocycles. The van der Waals surface area contributed by atoms with Crippen molar-refractivity contribution in [1.82, 2.24) is 4.98 Å². The number of nitrogens with zero attached hydrogens (tertiary/aromatic N) is 1. The van der Waals surface area contributed by atoms with Crippen LogP contribution in [0.25, 0.3) is 0 Å². The van der Waals surface area contributed by atoms with Gasteiger partial charge in [0, 0.05) is 17.8 Å². The van der Waals surface area contributed by atoms with Crippen molar-refractivity contribution >= 4 is 11.6 Å². The molecular formula is C12H16ClN. The van der Waals surface area contributed by atoms with E-state index in [-0.39, 0.29) is 5.38 Å². The Morgan fingerprint density at radius 2 is 2.00 bits per heavy atom. The standard InChI is InChI=1S/C12H16ClN/c1-8-7-11(8)12(13)9(2)10-3-5-14-6-4-10/h3-6,8-9,11-12H,7H2,1-2H3. The van der Waals surface area contributed by atoms with Crippen LogP contribution in [0.2, 0.25) is 0 Å². The first-order chi connectivity index (χ1) is 6.70. The van der Waals surface area contributed by atoms with Gasteiger partial charge < -0.3 is 0 Å². The molecule has 1 nitrogen and oxygen atoms in total. The molecule has 1 aromatic rings. The minimum atomic E-state index is 0.285. The van der Waals surface area contributed by atoms with Crippen LogP contribution < -0.4 is 0 Å². The molecule has 1 heterocycles. The van der Waals surface area contributed by atoms with E-state index in [9.17, 15) is 0 Å². The van der Waals surface area contributed by atoms with Gasteiger partial charge in [0.05, 0.1) is 0 Å². The number of alkyl halides is 1. The lowest BCUT2D eigenvalue weighted by molar-refractivity contribution is 0.599. The van der Waals surface area contributed by atoms with Gasteiger partial charge in [0.15, 0.2) is 0 Å². The fourth-order valence-electron chi connectivity index (χ4n) is 2.02. The average molecular weight is 210 g/mol. The highest BCUT2D eigenvalue weighted by Gasteiger charge is 2.40. The lowest BCUT2D eigenvalue weighted by Gasteiger charge is -2.17. The molecule has 0 saturated heterocycles. The monoisotopic (exact) mass is 209 g/mol. The van der Waals surface area contributed by atoms with Crippen LogP contribution in [-0.4, -0.2) is 10.4 Å². The van der Waals surface area contributed by atoms with E-state index in [2.05, 4.69) is 31.0 Å². The van der Waals surface area contributed by atoms with Gasteiger partial charge in [-0.25, -0.2) is 0 Å². The number of pyridine rings is 1. The summed E-state index contributed by atoms with van der Waals surface area (Å²) >= 11 is 6.44. The van der Waals surface area contributed by atoms with Crippen molar-refractivity contribution in [2.24, 2.45) is 11.8 Å². The zero-order chi connectivity index (χ0) is 10.1. The maximum Gasteiger partial charge on any atom is 0.0432 e. The largest absolute Gasteiger partial charge is 0.265 e. The van der Waals surface area contributed by atoms with Crippen molar-refractivity contribution in [1.29, 1.82) is 0 Å². The molecule has 2 rings (SSSR count). The first kappa shape index (κ1) is 9.97. The maximum absolute atomic E-state index is 6.44. The number of rotatable bonds is 3. The Balaban J connectivity index is 2.05. The lowest BCUT2D eigenvalue weighted by Crippen LogP contribution is -2.12. The van der Waals surface area contributed by atoms with Gasteiger partial charge in [0.25, 0.3) is 0 Å². The number of aromatic nitrogens is 1. The molecule has 0 bridgehead atoms. The van der Waals surface area contributed by atoms with Gasteiger partial charge >= 0.3 is 0 Å². The Hall–Kier alpha value is -0.560. The van der Waals surface area contributed by atoms with Crippen molar-refractivity contribution in [3.05, 3.63) is 30.1 Å². The van der Waals surface area contributed by atoms with Crippen molar-refractivity contribution in [2.75, 3.05) is 0 Å². The second-order valence-corrected chi connectivity index (χ2v) is 4.89. The summed E-state index contributed by atoms with van der Waals surface area (Å²) in [4.78, 5) is 4.02. The molecule has 1 fully saturated rings. The van der Waals surface area contributed by atoms with E-state index in [0.29, 0.717) is 5.92 Å². The quantitative estimate of drug-likeness (QED) is 0.695. The van der Waals surface area contributed by atoms with E-state index < -0.39 is 0 Å². The fraction of sp³-hybridized carbons (Fsp3) is 0.583. The molecule has 0 spiro atoms. The molecule has 4 unspecified atom stereocenters. The van der Waals surface area contributed by atoms with Crippen molar-refractivity contribution in [3.63, 3.8) is 0 Å². The maximum atomic E-state index is 6.44. The fourth-order valence-corrected chi connectivity index (χ4v) is 2.51. The highest BCUT2D eigenvalue weighted by molar-refractivity contribution is 6.21. The molecule has 0 aromatic carbocycles. The predicted molar refractivity (Wildman–Crippen MR) is 59.6 cm³/mol. The molecule has 0 radical (unpaired) electrons. The van der Waals surface area contributed by atoms with Crippen molar-refractivity contribution in [3.8, 4) is 0 Å². The van der Waals surface area contributed by atoms with Crippen LogP contribution in [0.15, 0.2) is 24.5 Å². The molecule has 1 aliphatic carbocycles. The topological polar surface area (TPSA) is 12.9 Å². The highest BCUT2D eigenvalue weighted by atomic mass is 35.5. The molecular weight excluding hydrogens is 194 g/mol. The number of halogens is 1. The van der Waals surface area contributed by atoms with E-state index in [4.69, 9.17) is 11.6 Å². The smallest absolute Gasteiger partial charge is 0.0432 e. The summed E-state index contributed by atoms with van der Waals surface area (Å²) in [5, 5.41) is 0.285. The van der Waals surface area contributed by atoms with Crippen LogP contribution in [0.4, 0.5) is 0 Å². The van der Waals surface area contributed by atoms with E-state index in [1.54, 1.807) is 0 Å². The summed E-state index contributed by atoms with van der Waals surface area (Å²) in [5.74, 6) is 1.98. The molecule has 0 amide bonds. The Labute approximate surface area is 90.5 Å². The number of hydrogen-bond acceptors (Lipinski definition) is 1. The second-order valence-electron chi connectivity index (χ2n) is 4.39. The van der Waals surface area contributed by atoms with Gasteiger partial charge in [-0.3, -0.25) is 4.98 Å². The third kappa shape index (κ3) is 1.93. The van der Waals surface area contributed by atoms with E-state index >= 15 is 0 Å². The van der Waals surface area contributed by atoms with Gasteiger partial charge in [0.2, 0.25) is 0 Å². The third-order valence-electron chi connectivity index (χ3n) is 3.29. The van der Waals surface area contributed by atoms with Crippen LogP contribution in [0.3, 0.4) is 0 Å². The third-order valence-corrected chi connectivity index (χ3v) is 3.99. The SMILES string of the molecule is CC1CC1C(Cl)C(C)c1ccncc1. The highest BCUT2D eigenvalue weighted by Crippen LogP contribution is 2.47. The van der Waals surface area contributed by atoms with Gasteiger partial charge in [0.1, 0.15) is 0 Å². The molecule has 14 heavy (non-hydrogen) atoms. The van der Waals surface area contributed by atoms with Crippen molar-refractivity contribution < 1.29 is 0 Å². The Bertz CT molecular complexity index is 298. The van der Waals surface area contributed by atoms with Crippen LogP contribution in [0.1, 0.15) is 31.7 Å². The lowest BCUT2D eigenvalue weighted by atomic mass is 9.95. The summed E-state index contributed by atoms with van der Waals surface area (Å²) in [7, 11) is 0. The minimum Gasteiger partial charge on any atom is -0.265 e. The summed E-state index contributed by atoms with van der Waals surface area (Å²) in [6.45, 7) is 4.48. The summed E-state index contributed by atoms with van der Waals surface area (Å²) in [6.07, 6.45) is 4.97. The van der Waals surface area contributed by atoms with Crippen LogP contribution in [0.5, 0.6) is 0 Å². The van der Waals surface area contributed by atoms with E-state index in [1.807, 2.05) is 12.4 Å². The predicted octanol–water partition coefficient (Wildman–Crippen LogP) is 3.45. The van der Waals surface area contributed by atoms with Gasteiger partial charge in [-0.1, -0.05) is 13.8 Å². The van der Waals surface area contributed by atoms with Crippen molar-refractivity contribution in [2.45, 2.75) is 31.6 Å². The van der Waals surface area contributed by atoms with E-state index in [1.165, 1.54) is 12.0 Å². The summed E-state index contributed by atoms with van der Waals surface area (Å²) < 4.78 is 0. The summed E-state index contributed by atoms with van der Waals surface area (Å²) in [6, 6.07) is 4.13. The molecule has 1 aromatic heterocycles. The van der Waals surface area contributed by atoms with Crippen LogP contribution in [-0.2, 0) is 0 Å². The zero-order valence-electron chi connectivity index (χ0n) is 8.65. The Morgan fingerprint density at radius 3 is 2.50 bits per heavy atom. The Kier molecular flexibility index (Phi) is 2.78. The first-order valence-electron chi connectivity index (χ1n) is 5.24. The normalized spacial score (nSPS) is 29.6. The Morgan fingerprint density at radius 1 is 1.43 bits per heavy atom. The molecule has 0 aliphatic heterocycles.